The van der Waals surface area contributed by atoms with Crippen molar-refractivity contribution in [2.45, 2.75) is 19.8 Å². The van der Waals surface area contributed by atoms with Crippen molar-refractivity contribution in [2.75, 3.05) is 20.0 Å². The number of fused-ring (bicyclic) bond motifs is 1. The van der Waals surface area contributed by atoms with Gasteiger partial charge in [-0.15, -0.1) is 0 Å². The molecule has 1 aromatic heterocycles. The van der Waals surface area contributed by atoms with Crippen molar-refractivity contribution in [3.05, 3.63) is 18.0 Å². The molecule has 0 bridgehead atoms. The Labute approximate surface area is 106 Å². The minimum Gasteiger partial charge on any atom is -0.493 e. The maximum atomic E-state index is 5.95. The maximum Gasteiger partial charge on any atom is 0.162 e. The third-order valence-corrected chi connectivity index (χ3v) is 2.75. The number of ether oxygens (including phenoxy) is 2. The second-order valence-electron chi connectivity index (χ2n) is 4.00. The van der Waals surface area contributed by atoms with Crippen LogP contribution in [0.4, 0.5) is 5.82 Å². The van der Waals surface area contributed by atoms with E-state index in [9.17, 15) is 0 Å². The number of nitrogen functional groups attached to an aromatic ring is 1. The third kappa shape index (κ3) is 2.16. The van der Waals surface area contributed by atoms with Crippen LogP contribution in [0, 0.1) is 0 Å². The van der Waals surface area contributed by atoms with Crippen molar-refractivity contribution in [3.8, 4) is 11.5 Å². The van der Waals surface area contributed by atoms with Crippen LogP contribution in [0.15, 0.2) is 12.1 Å². The molecule has 0 atom stereocenters. The molecule has 1 aromatic carbocycles. The lowest BCUT2D eigenvalue weighted by molar-refractivity contribution is 0.356. The average Bonchev–Trinajstić information content (AvgIpc) is 2.37. The van der Waals surface area contributed by atoms with E-state index in [4.69, 9.17) is 15.2 Å². The lowest BCUT2D eigenvalue weighted by Gasteiger charge is -2.10. The van der Waals surface area contributed by atoms with E-state index >= 15 is 0 Å². The second kappa shape index (κ2) is 5.08. The molecule has 0 spiro atoms. The highest BCUT2D eigenvalue weighted by Crippen LogP contribution is 2.33. The molecule has 0 unspecified atom stereocenters. The number of rotatable bonds is 4. The fourth-order valence-electron chi connectivity index (χ4n) is 1.86. The minimum absolute atomic E-state index is 0.476. The van der Waals surface area contributed by atoms with E-state index < -0.39 is 0 Å². The highest BCUT2D eigenvalue weighted by atomic mass is 16.5. The summed E-state index contributed by atoms with van der Waals surface area (Å²) in [5.41, 5.74) is 6.74. The molecule has 96 valence electrons. The molecular weight excluding hydrogens is 230 g/mol. The molecule has 0 radical (unpaired) electrons. The normalized spacial score (nSPS) is 10.6. The number of anilines is 1. The number of hydrogen-bond acceptors (Lipinski definition) is 5. The third-order valence-electron chi connectivity index (χ3n) is 2.75. The summed E-state index contributed by atoms with van der Waals surface area (Å²) in [5, 5.41) is 0.785. The molecule has 0 saturated carbocycles. The van der Waals surface area contributed by atoms with Crippen LogP contribution in [0.3, 0.4) is 0 Å². The lowest BCUT2D eigenvalue weighted by atomic mass is 10.2. The van der Waals surface area contributed by atoms with Gasteiger partial charge in [-0.25, -0.2) is 9.97 Å². The van der Waals surface area contributed by atoms with Crippen LogP contribution >= 0.6 is 0 Å². The van der Waals surface area contributed by atoms with Crippen LogP contribution in [0.5, 0.6) is 11.5 Å². The molecule has 0 aliphatic rings. The summed E-state index contributed by atoms with van der Waals surface area (Å²) in [6.45, 7) is 2.08. The molecule has 0 aliphatic carbocycles. The van der Waals surface area contributed by atoms with Crippen molar-refractivity contribution >= 4 is 16.7 Å². The molecule has 0 fully saturated rings. The second-order valence-corrected chi connectivity index (χ2v) is 4.00. The molecule has 1 heterocycles. The van der Waals surface area contributed by atoms with Gasteiger partial charge in [0.15, 0.2) is 11.5 Å². The Morgan fingerprint density at radius 1 is 1.11 bits per heavy atom. The molecule has 0 saturated heterocycles. The highest BCUT2D eigenvalue weighted by molar-refractivity contribution is 5.90. The fourth-order valence-corrected chi connectivity index (χ4v) is 1.86. The number of aryl methyl sites for hydroxylation is 1. The van der Waals surface area contributed by atoms with Crippen molar-refractivity contribution < 1.29 is 9.47 Å². The van der Waals surface area contributed by atoms with E-state index in [1.165, 1.54) is 0 Å². The Bertz CT molecular complexity index is 570. The number of benzene rings is 1. The topological polar surface area (TPSA) is 70.3 Å². The van der Waals surface area contributed by atoms with Gasteiger partial charge in [0, 0.05) is 17.9 Å². The van der Waals surface area contributed by atoms with Crippen LogP contribution in [-0.4, -0.2) is 24.2 Å². The molecule has 5 nitrogen and oxygen atoms in total. The maximum absolute atomic E-state index is 5.95. The van der Waals surface area contributed by atoms with Crippen molar-refractivity contribution in [1.82, 2.24) is 9.97 Å². The zero-order valence-electron chi connectivity index (χ0n) is 10.9. The first-order valence-electron chi connectivity index (χ1n) is 5.87. The van der Waals surface area contributed by atoms with E-state index in [2.05, 4.69) is 16.9 Å². The van der Waals surface area contributed by atoms with Crippen LogP contribution in [0.1, 0.15) is 19.2 Å². The standard InChI is InChI=1S/C13H17N3O2/c1-4-5-12-15-9-7-11(18-3)10(17-2)6-8(9)13(14)16-12/h6-7H,4-5H2,1-3H3,(H2,14,15,16). The van der Waals surface area contributed by atoms with Gasteiger partial charge in [-0.1, -0.05) is 6.92 Å². The van der Waals surface area contributed by atoms with Gasteiger partial charge in [-0.2, -0.15) is 0 Å². The molecule has 2 N–H and O–H groups in total. The largest absolute Gasteiger partial charge is 0.493 e. The molecule has 0 aliphatic heterocycles. The van der Waals surface area contributed by atoms with E-state index in [1.54, 1.807) is 20.3 Å². The van der Waals surface area contributed by atoms with Gasteiger partial charge in [0.1, 0.15) is 11.6 Å². The summed E-state index contributed by atoms with van der Waals surface area (Å²) in [5.74, 6) is 2.51. The van der Waals surface area contributed by atoms with Crippen molar-refractivity contribution in [3.63, 3.8) is 0 Å². The molecule has 0 amide bonds. The van der Waals surface area contributed by atoms with E-state index in [-0.39, 0.29) is 0 Å². The number of hydrogen-bond donors (Lipinski definition) is 1. The molecule has 2 aromatic rings. The summed E-state index contributed by atoms with van der Waals surface area (Å²) in [7, 11) is 3.19. The summed E-state index contributed by atoms with van der Waals surface area (Å²) >= 11 is 0. The quantitative estimate of drug-likeness (QED) is 0.896. The molecule has 18 heavy (non-hydrogen) atoms. The van der Waals surface area contributed by atoms with E-state index in [0.29, 0.717) is 17.3 Å². The molecular formula is C13H17N3O2. The Hall–Kier alpha value is -2.04. The van der Waals surface area contributed by atoms with Gasteiger partial charge in [0.25, 0.3) is 0 Å². The van der Waals surface area contributed by atoms with Gasteiger partial charge in [-0.3, -0.25) is 0 Å². The van der Waals surface area contributed by atoms with Gasteiger partial charge < -0.3 is 15.2 Å². The summed E-state index contributed by atoms with van der Waals surface area (Å²) in [6, 6.07) is 3.63. The Kier molecular flexibility index (Phi) is 3.50. The summed E-state index contributed by atoms with van der Waals surface area (Å²) < 4.78 is 10.5. The van der Waals surface area contributed by atoms with E-state index in [1.807, 2.05) is 6.07 Å². The molecule has 2 rings (SSSR count). The van der Waals surface area contributed by atoms with Gasteiger partial charge >= 0.3 is 0 Å². The zero-order chi connectivity index (χ0) is 13.1. The van der Waals surface area contributed by atoms with Gasteiger partial charge in [-0.05, 0) is 12.5 Å². The van der Waals surface area contributed by atoms with Crippen LogP contribution in [0.2, 0.25) is 0 Å². The SMILES string of the molecule is CCCc1nc(N)c2cc(OC)c(OC)cc2n1. The van der Waals surface area contributed by atoms with Crippen LogP contribution < -0.4 is 15.2 Å². The Morgan fingerprint density at radius 2 is 1.78 bits per heavy atom. The number of methoxy groups -OCH3 is 2. The highest BCUT2D eigenvalue weighted by Gasteiger charge is 2.11. The first-order chi connectivity index (χ1) is 8.69. The monoisotopic (exact) mass is 247 g/mol. The Morgan fingerprint density at radius 3 is 2.39 bits per heavy atom. The summed E-state index contributed by atoms with van der Waals surface area (Å²) in [4.78, 5) is 8.78. The first kappa shape index (κ1) is 12.4. The number of nitrogens with two attached hydrogens (primary N) is 1. The predicted molar refractivity (Wildman–Crippen MR) is 71.0 cm³/mol. The fraction of sp³-hybridized carbons (Fsp3) is 0.385. The summed E-state index contributed by atoms with van der Waals surface area (Å²) in [6.07, 6.45) is 1.80. The number of nitrogens with zero attached hydrogens (tertiary/aromatic N) is 2. The van der Waals surface area contributed by atoms with Crippen LogP contribution in [0.25, 0.3) is 10.9 Å². The van der Waals surface area contributed by atoms with Gasteiger partial charge in [0.05, 0.1) is 19.7 Å². The number of aromatic nitrogens is 2. The van der Waals surface area contributed by atoms with Gasteiger partial charge in [0.2, 0.25) is 0 Å². The zero-order valence-corrected chi connectivity index (χ0v) is 10.9. The molecule has 5 heteroatoms. The van der Waals surface area contributed by atoms with Crippen LogP contribution in [-0.2, 0) is 6.42 Å². The average molecular weight is 247 g/mol. The predicted octanol–water partition coefficient (Wildman–Crippen LogP) is 2.18. The lowest BCUT2D eigenvalue weighted by Crippen LogP contribution is -2.02. The minimum atomic E-state index is 0.476. The van der Waals surface area contributed by atoms with Crippen molar-refractivity contribution in [2.24, 2.45) is 0 Å². The first-order valence-corrected chi connectivity index (χ1v) is 5.87. The van der Waals surface area contributed by atoms with Crippen molar-refractivity contribution in [1.29, 1.82) is 0 Å². The smallest absolute Gasteiger partial charge is 0.162 e. The van der Waals surface area contributed by atoms with E-state index in [0.717, 1.165) is 29.6 Å². The Balaban J connectivity index is 2.64.